The maximum Gasteiger partial charge on any atom is 0.235 e. The quantitative estimate of drug-likeness (QED) is 0.193. The molecule has 232 valence electrons. The van der Waals surface area contributed by atoms with Crippen molar-refractivity contribution in [1.82, 2.24) is 19.5 Å². The number of benzene rings is 7. The number of fused-ring (bicyclic) bond motifs is 11. The predicted octanol–water partition coefficient (Wildman–Crippen LogP) is 11.7. The van der Waals surface area contributed by atoms with Gasteiger partial charge in [0.15, 0.2) is 0 Å². The highest BCUT2D eigenvalue weighted by atomic mass is 16.3. The first-order chi connectivity index (χ1) is 24.8. The summed E-state index contributed by atoms with van der Waals surface area (Å²) in [5, 5.41) is 9.41. The lowest BCUT2D eigenvalue weighted by Crippen LogP contribution is -2.04. The van der Waals surface area contributed by atoms with Crippen LogP contribution in [0.4, 0.5) is 0 Å². The summed E-state index contributed by atoms with van der Waals surface area (Å²) >= 11 is 0. The molecule has 7 aromatic carbocycles. The van der Waals surface area contributed by atoms with Gasteiger partial charge in [0.25, 0.3) is 0 Å². The number of aromatic nitrogens is 4. The summed E-state index contributed by atoms with van der Waals surface area (Å²) in [4.78, 5) is 15.0. The van der Waals surface area contributed by atoms with Gasteiger partial charge in [0.2, 0.25) is 5.95 Å². The number of hydrogen-bond donors (Lipinski definition) is 0. The van der Waals surface area contributed by atoms with E-state index in [4.69, 9.17) is 19.4 Å². The number of furan rings is 1. The molecule has 4 heterocycles. The minimum Gasteiger partial charge on any atom is -0.456 e. The molecule has 0 atom stereocenters. The zero-order valence-electron chi connectivity index (χ0n) is 26.7. The number of pyridine rings is 1. The van der Waals surface area contributed by atoms with Crippen LogP contribution in [0.3, 0.4) is 0 Å². The first-order valence-corrected chi connectivity index (χ1v) is 16.8. The lowest BCUT2D eigenvalue weighted by atomic mass is 9.91. The van der Waals surface area contributed by atoms with Crippen molar-refractivity contribution >= 4 is 76.3 Å². The minimum absolute atomic E-state index is 0.622. The van der Waals surface area contributed by atoms with Crippen LogP contribution in [-0.4, -0.2) is 19.5 Å². The monoisotopic (exact) mass is 638 g/mol. The van der Waals surface area contributed by atoms with Crippen LogP contribution >= 0.6 is 0 Å². The molecular weight excluding hydrogens is 613 g/mol. The summed E-state index contributed by atoms with van der Waals surface area (Å²) < 4.78 is 8.45. The molecule has 0 unspecified atom stereocenters. The van der Waals surface area contributed by atoms with Gasteiger partial charge in [-0.15, -0.1) is 0 Å². The average molecular weight is 639 g/mol. The summed E-state index contributed by atoms with van der Waals surface area (Å²) in [5.74, 6) is 0.622. The molecule has 11 aromatic rings. The summed E-state index contributed by atoms with van der Waals surface area (Å²) in [7, 11) is 0. The van der Waals surface area contributed by atoms with E-state index in [0.29, 0.717) is 5.95 Å². The third kappa shape index (κ3) is 3.80. The molecule has 0 aliphatic rings. The zero-order valence-corrected chi connectivity index (χ0v) is 26.7. The Kier molecular flexibility index (Phi) is 5.60. The molecule has 11 rings (SSSR count). The molecule has 0 radical (unpaired) electrons. The Morgan fingerprint density at radius 3 is 1.98 bits per heavy atom. The first-order valence-electron chi connectivity index (χ1n) is 16.8. The summed E-state index contributed by atoms with van der Waals surface area (Å²) in [6.07, 6.45) is 1.80. The highest BCUT2D eigenvalue weighted by molar-refractivity contribution is 6.25. The zero-order chi connectivity index (χ0) is 32.8. The summed E-state index contributed by atoms with van der Waals surface area (Å²) in [6.45, 7) is 0. The lowest BCUT2D eigenvalue weighted by molar-refractivity contribution is 0.669. The van der Waals surface area contributed by atoms with E-state index in [1.54, 1.807) is 6.20 Å². The van der Waals surface area contributed by atoms with Crippen molar-refractivity contribution in [2.24, 2.45) is 0 Å². The van der Waals surface area contributed by atoms with E-state index < -0.39 is 0 Å². The highest BCUT2D eigenvalue weighted by Gasteiger charge is 2.20. The van der Waals surface area contributed by atoms with Gasteiger partial charge in [0.05, 0.1) is 16.6 Å². The molecule has 4 aromatic heterocycles. The maximum absolute atomic E-state index is 6.24. The Morgan fingerprint density at radius 2 is 1.14 bits per heavy atom. The van der Waals surface area contributed by atoms with E-state index in [-0.39, 0.29) is 0 Å². The molecule has 0 bridgehead atoms. The van der Waals surface area contributed by atoms with Gasteiger partial charge < -0.3 is 4.42 Å². The van der Waals surface area contributed by atoms with Gasteiger partial charge in [0.1, 0.15) is 22.4 Å². The third-order valence-corrected chi connectivity index (χ3v) is 10.1. The third-order valence-electron chi connectivity index (χ3n) is 10.1. The van der Waals surface area contributed by atoms with Crippen molar-refractivity contribution in [1.29, 1.82) is 0 Å². The number of nitrogens with zero attached hydrogens (tertiary/aromatic N) is 4. The van der Waals surface area contributed by atoms with Gasteiger partial charge in [-0.25, -0.2) is 9.97 Å². The van der Waals surface area contributed by atoms with Crippen LogP contribution in [0.25, 0.3) is 105 Å². The van der Waals surface area contributed by atoms with Crippen molar-refractivity contribution in [2.75, 3.05) is 0 Å². The van der Waals surface area contributed by atoms with Crippen molar-refractivity contribution in [3.63, 3.8) is 0 Å². The maximum atomic E-state index is 6.24. The fourth-order valence-corrected chi connectivity index (χ4v) is 7.94. The minimum atomic E-state index is 0.622. The van der Waals surface area contributed by atoms with Crippen LogP contribution in [0.1, 0.15) is 0 Å². The fraction of sp³-hybridized carbons (Fsp3) is 0. The van der Waals surface area contributed by atoms with Gasteiger partial charge >= 0.3 is 0 Å². The smallest absolute Gasteiger partial charge is 0.235 e. The van der Waals surface area contributed by atoms with Gasteiger partial charge in [-0.3, -0.25) is 9.55 Å². The first kappa shape index (κ1) is 27.1. The number of rotatable bonds is 3. The van der Waals surface area contributed by atoms with Crippen molar-refractivity contribution in [3.8, 4) is 28.3 Å². The van der Waals surface area contributed by atoms with Gasteiger partial charge in [0, 0.05) is 33.3 Å². The van der Waals surface area contributed by atoms with Crippen molar-refractivity contribution in [3.05, 3.63) is 158 Å². The van der Waals surface area contributed by atoms with Crippen molar-refractivity contribution < 1.29 is 4.42 Å². The normalized spacial score (nSPS) is 12.0. The second-order valence-corrected chi connectivity index (χ2v) is 12.8. The molecule has 5 heteroatoms. The van der Waals surface area contributed by atoms with E-state index in [1.807, 2.05) is 42.5 Å². The van der Waals surface area contributed by atoms with Crippen LogP contribution in [0.5, 0.6) is 0 Å². The fourth-order valence-electron chi connectivity index (χ4n) is 7.94. The van der Waals surface area contributed by atoms with E-state index in [9.17, 15) is 0 Å². The highest BCUT2D eigenvalue weighted by Crippen LogP contribution is 2.43. The van der Waals surface area contributed by atoms with Gasteiger partial charge in [-0.1, -0.05) is 115 Å². The van der Waals surface area contributed by atoms with E-state index >= 15 is 0 Å². The van der Waals surface area contributed by atoms with Crippen LogP contribution < -0.4 is 0 Å². The van der Waals surface area contributed by atoms with E-state index in [2.05, 4.69) is 114 Å². The standard InChI is InChI=1S/C45H26N4O/c1-2-11-27(12-3-1)43-44-36(19-10-26-46-44)47-45(48-43)49-37-20-6-4-13-34(37)41-32-17-8-15-28(30(32)22-24-38(41)49)29-16-9-18-33-31(29)23-25-40-42(33)35-14-5-7-21-39(35)50-40/h1-26H. The van der Waals surface area contributed by atoms with Crippen molar-refractivity contribution in [2.45, 2.75) is 0 Å². The predicted molar refractivity (Wildman–Crippen MR) is 205 cm³/mol. The molecule has 0 saturated heterocycles. The molecule has 0 N–H and O–H groups in total. The SMILES string of the molecule is c1ccc(-c2nc(-n3c4ccccc4c4c5cccc(-c6cccc7c6ccc6oc8ccccc8c67)c5ccc43)nc3cccnc23)cc1. The van der Waals surface area contributed by atoms with Gasteiger partial charge in [-0.2, -0.15) is 0 Å². The second kappa shape index (κ2) is 10.3. The van der Waals surface area contributed by atoms with Crippen LogP contribution in [0, 0.1) is 0 Å². The Balaban J connectivity index is 1.19. The van der Waals surface area contributed by atoms with Crippen LogP contribution in [0.2, 0.25) is 0 Å². The number of para-hydroxylation sites is 2. The Hall–Kier alpha value is -6.85. The Labute approximate surface area is 285 Å². The van der Waals surface area contributed by atoms with Gasteiger partial charge in [-0.05, 0) is 69.1 Å². The Morgan fingerprint density at radius 1 is 0.440 bits per heavy atom. The molecule has 0 amide bonds. The number of hydrogen-bond acceptors (Lipinski definition) is 4. The Bertz CT molecular complexity index is 3160. The van der Waals surface area contributed by atoms with Crippen LogP contribution in [0.15, 0.2) is 162 Å². The molecule has 0 spiro atoms. The molecule has 0 aliphatic carbocycles. The molecule has 0 saturated carbocycles. The van der Waals surface area contributed by atoms with E-state index in [0.717, 1.165) is 60.6 Å². The average Bonchev–Trinajstić information content (AvgIpc) is 3.74. The molecular formula is C45H26N4O. The molecule has 0 fully saturated rings. The molecule has 5 nitrogen and oxygen atoms in total. The van der Waals surface area contributed by atoms with E-state index in [1.165, 1.54) is 38.1 Å². The summed E-state index contributed by atoms with van der Waals surface area (Å²) in [6, 6.07) is 53.1. The summed E-state index contributed by atoms with van der Waals surface area (Å²) in [5.41, 5.74) is 9.73. The largest absolute Gasteiger partial charge is 0.456 e. The molecule has 0 aliphatic heterocycles. The lowest BCUT2D eigenvalue weighted by Gasteiger charge is -2.13. The second-order valence-electron chi connectivity index (χ2n) is 12.8. The molecule has 50 heavy (non-hydrogen) atoms. The van der Waals surface area contributed by atoms with Crippen LogP contribution in [-0.2, 0) is 0 Å². The topological polar surface area (TPSA) is 56.7 Å².